The van der Waals surface area contributed by atoms with Crippen LogP contribution < -0.4 is 15.6 Å². The number of primary sulfonamides is 1. The first-order valence-electron chi connectivity index (χ1n) is 8.23. The summed E-state index contributed by atoms with van der Waals surface area (Å²) in [6.45, 7) is 1.44. The molecule has 1 aromatic carbocycles. The zero-order valence-electron chi connectivity index (χ0n) is 14.1. The Morgan fingerprint density at radius 1 is 1.32 bits per heavy atom. The highest BCUT2D eigenvalue weighted by Gasteiger charge is 2.41. The van der Waals surface area contributed by atoms with Crippen molar-refractivity contribution in [2.45, 2.75) is 23.8 Å². The third kappa shape index (κ3) is 3.70. The van der Waals surface area contributed by atoms with Gasteiger partial charge in [0.2, 0.25) is 15.9 Å². The fourth-order valence-corrected chi connectivity index (χ4v) is 4.51. The zero-order chi connectivity index (χ0) is 18.2. The summed E-state index contributed by atoms with van der Waals surface area (Å²) >= 11 is 0. The lowest BCUT2D eigenvalue weighted by Crippen LogP contribution is -2.32. The van der Waals surface area contributed by atoms with E-state index >= 15 is 0 Å². The van der Waals surface area contributed by atoms with Crippen molar-refractivity contribution in [2.24, 2.45) is 22.7 Å². The second-order valence-corrected chi connectivity index (χ2v) is 8.23. The molecule has 25 heavy (non-hydrogen) atoms. The molecule has 8 heteroatoms. The lowest BCUT2D eigenvalue weighted by molar-refractivity contribution is -0.125. The van der Waals surface area contributed by atoms with Crippen LogP contribution in [0.3, 0.4) is 0 Å². The molecule has 2 fully saturated rings. The predicted molar refractivity (Wildman–Crippen MR) is 94.2 cm³/mol. The Bertz CT molecular complexity index is 806. The number of ether oxygens (including phenoxy) is 1. The van der Waals surface area contributed by atoms with E-state index in [1.165, 1.54) is 25.3 Å². The van der Waals surface area contributed by atoms with Crippen LogP contribution in [0.1, 0.15) is 18.4 Å². The number of amides is 1. The van der Waals surface area contributed by atoms with Crippen LogP contribution >= 0.6 is 0 Å². The minimum absolute atomic E-state index is 0.0884. The van der Waals surface area contributed by atoms with Crippen molar-refractivity contribution in [1.82, 2.24) is 4.90 Å². The highest BCUT2D eigenvalue weighted by molar-refractivity contribution is 7.89. The maximum absolute atomic E-state index is 12.4. The molecule has 1 amide bonds. The maximum Gasteiger partial charge on any atom is 0.246 e. The number of carbonyl (C=O) groups is 1. The molecular weight excluding hydrogens is 342 g/mol. The molecule has 0 radical (unpaired) electrons. The van der Waals surface area contributed by atoms with Gasteiger partial charge in [0.1, 0.15) is 10.6 Å². The highest BCUT2D eigenvalue weighted by Crippen LogP contribution is 2.37. The number of fused-ring (bicyclic) bond motifs is 1. The number of carbonyl (C=O) groups excluding carboxylic acids is 1. The third-order valence-electron chi connectivity index (χ3n) is 5.14. The Labute approximate surface area is 147 Å². The maximum atomic E-state index is 12.4. The standard InChI is InChI=1S/C17H23N3O4S/c1-24-15-6-2-11(8-16(15)25(19,22)23)3-7-17(21)20-9-12-4-5-14(18)13(12)10-20/h2-3,6-8,12-14H,4-5,9-10,18H2,1H3,(H2,19,22,23)/b7-3+. The fourth-order valence-electron chi connectivity index (χ4n) is 3.78. The van der Waals surface area contributed by atoms with Gasteiger partial charge in [0.15, 0.2) is 0 Å². The SMILES string of the molecule is COc1ccc(/C=C/C(=O)N2CC3CCC(N)C3C2)cc1S(N)(=O)=O. The van der Waals surface area contributed by atoms with Crippen molar-refractivity contribution >= 4 is 22.0 Å². The van der Waals surface area contributed by atoms with E-state index in [1.807, 2.05) is 4.90 Å². The molecule has 1 aromatic rings. The first-order valence-corrected chi connectivity index (χ1v) is 9.77. The van der Waals surface area contributed by atoms with Gasteiger partial charge in [0.05, 0.1) is 7.11 Å². The summed E-state index contributed by atoms with van der Waals surface area (Å²) in [5, 5.41) is 5.20. The minimum Gasteiger partial charge on any atom is -0.495 e. The molecule has 3 atom stereocenters. The summed E-state index contributed by atoms with van der Waals surface area (Å²) in [6, 6.07) is 4.77. The van der Waals surface area contributed by atoms with Crippen LogP contribution in [0.4, 0.5) is 0 Å². The van der Waals surface area contributed by atoms with Gasteiger partial charge in [0.25, 0.3) is 0 Å². The van der Waals surface area contributed by atoms with Crippen LogP contribution in [-0.2, 0) is 14.8 Å². The normalized spacial score (nSPS) is 26.2. The second kappa shape index (κ2) is 6.78. The molecule has 1 saturated heterocycles. The molecule has 0 bridgehead atoms. The van der Waals surface area contributed by atoms with E-state index in [2.05, 4.69) is 0 Å². The summed E-state index contributed by atoms with van der Waals surface area (Å²) in [5.41, 5.74) is 6.66. The molecule has 2 aliphatic rings. The zero-order valence-corrected chi connectivity index (χ0v) is 14.9. The Kier molecular flexibility index (Phi) is 4.86. The average molecular weight is 365 g/mol. The first kappa shape index (κ1) is 17.9. The molecule has 1 saturated carbocycles. The van der Waals surface area contributed by atoms with Crippen molar-refractivity contribution in [1.29, 1.82) is 0 Å². The largest absolute Gasteiger partial charge is 0.495 e. The molecule has 136 valence electrons. The number of sulfonamides is 1. The van der Waals surface area contributed by atoms with Crippen LogP contribution in [0.5, 0.6) is 5.75 Å². The highest BCUT2D eigenvalue weighted by atomic mass is 32.2. The van der Waals surface area contributed by atoms with Gasteiger partial charge in [-0.3, -0.25) is 4.79 Å². The lowest BCUT2D eigenvalue weighted by Gasteiger charge is -2.17. The van der Waals surface area contributed by atoms with Crippen LogP contribution in [0.15, 0.2) is 29.2 Å². The van der Waals surface area contributed by atoms with Gasteiger partial charge < -0.3 is 15.4 Å². The van der Waals surface area contributed by atoms with Crippen molar-refractivity contribution in [3.8, 4) is 5.75 Å². The summed E-state index contributed by atoms with van der Waals surface area (Å²) in [6.07, 6.45) is 5.16. The lowest BCUT2D eigenvalue weighted by atomic mass is 9.98. The van der Waals surface area contributed by atoms with Gasteiger partial charge in [0, 0.05) is 25.2 Å². The molecule has 0 aromatic heterocycles. The fraction of sp³-hybridized carbons (Fsp3) is 0.471. The number of methoxy groups -OCH3 is 1. The molecule has 1 aliphatic carbocycles. The number of hydrogen-bond acceptors (Lipinski definition) is 5. The van der Waals surface area contributed by atoms with Crippen LogP contribution in [0.2, 0.25) is 0 Å². The second-order valence-electron chi connectivity index (χ2n) is 6.70. The Morgan fingerprint density at radius 3 is 2.72 bits per heavy atom. The summed E-state index contributed by atoms with van der Waals surface area (Å²) in [4.78, 5) is 14.1. The number of rotatable bonds is 4. The van der Waals surface area contributed by atoms with Crippen LogP contribution in [-0.4, -0.2) is 45.5 Å². The smallest absolute Gasteiger partial charge is 0.246 e. The number of benzene rings is 1. The van der Waals surface area contributed by atoms with Gasteiger partial charge in [-0.2, -0.15) is 0 Å². The molecule has 3 unspecified atom stereocenters. The van der Waals surface area contributed by atoms with E-state index in [4.69, 9.17) is 15.6 Å². The summed E-state index contributed by atoms with van der Waals surface area (Å²) in [5.74, 6) is 0.983. The van der Waals surface area contributed by atoms with Gasteiger partial charge in [-0.25, -0.2) is 13.6 Å². The van der Waals surface area contributed by atoms with E-state index < -0.39 is 10.0 Å². The van der Waals surface area contributed by atoms with Crippen molar-refractivity contribution in [3.05, 3.63) is 29.8 Å². The van der Waals surface area contributed by atoms with Gasteiger partial charge in [-0.15, -0.1) is 0 Å². The van der Waals surface area contributed by atoms with E-state index in [0.717, 1.165) is 19.4 Å². The molecule has 1 heterocycles. The number of nitrogens with two attached hydrogens (primary N) is 2. The van der Waals surface area contributed by atoms with Crippen LogP contribution in [0, 0.1) is 11.8 Å². The van der Waals surface area contributed by atoms with Gasteiger partial charge >= 0.3 is 0 Å². The monoisotopic (exact) mass is 365 g/mol. The van der Waals surface area contributed by atoms with Gasteiger partial charge in [-0.1, -0.05) is 6.07 Å². The van der Waals surface area contributed by atoms with E-state index in [-0.39, 0.29) is 22.6 Å². The van der Waals surface area contributed by atoms with Crippen molar-refractivity contribution in [2.75, 3.05) is 20.2 Å². The molecular formula is C17H23N3O4S. The van der Waals surface area contributed by atoms with Crippen LogP contribution in [0.25, 0.3) is 6.08 Å². The average Bonchev–Trinajstić information content (AvgIpc) is 3.14. The molecule has 3 rings (SSSR count). The number of nitrogens with zero attached hydrogens (tertiary/aromatic N) is 1. The van der Waals surface area contributed by atoms with Crippen molar-refractivity contribution < 1.29 is 17.9 Å². The summed E-state index contributed by atoms with van der Waals surface area (Å²) < 4.78 is 28.3. The number of hydrogen-bond donors (Lipinski definition) is 2. The topological polar surface area (TPSA) is 116 Å². The first-order chi connectivity index (χ1) is 11.8. The van der Waals surface area contributed by atoms with Gasteiger partial charge in [-0.05, 0) is 48.4 Å². The molecule has 7 nitrogen and oxygen atoms in total. The molecule has 0 spiro atoms. The Morgan fingerprint density at radius 2 is 2.08 bits per heavy atom. The Hall–Kier alpha value is -1.90. The third-order valence-corrected chi connectivity index (χ3v) is 6.07. The molecule has 4 N–H and O–H groups in total. The molecule has 1 aliphatic heterocycles. The summed E-state index contributed by atoms with van der Waals surface area (Å²) in [7, 11) is -2.53. The van der Waals surface area contributed by atoms with E-state index in [9.17, 15) is 13.2 Å². The Balaban J connectivity index is 1.73. The van der Waals surface area contributed by atoms with Crippen molar-refractivity contribution in [3.63, 3.8) is 0 Å². The quantitative estimate of drug-likeness (QED) is 0.756. The minimum atomic E-state index is -3.91. The van der Waals surface area contributed by atoms with E-state index in [0.29, 0.717) is 23.9 Å². The predicted octanol–water partition coefficient (Wildman–Crippen LogP) is 0.552. The van der Waals surface area contributed by atoms with E-state index in [1.54, 1.807) is 12.1 Å². The number of likely N-dealkylation sites (tertiary alicyclic amines) is 1.